The van der Waals surface area contributed by atoms with E-state index >= 15 is 0 Å². The van der Waals surface area contributed by atoms with E-state index in [0.717, 1.165) is 34.0 Å². The maximum atomic E-state index is 11.9. The number of hydrogen-bond donors (Lipinski definition) is 0. The highest BCUT2D eigenvalue weighted by Crippen LogP contribution is 2.13. The molecule has 2 aromatic carbocycles. The van der Waals surface area contributed by atoms with E-state index in [0.29, 0.717) is 12.8 Å². The first kappa shape index (κ1) is 15.1. The van der Waals surface area contributed by atoms with Crippen LogP contribution in [0.3, 0.4) is 0 Å². The number of Topliss-reactive ketones (excluding diaryl/α,β-unsaturated/α-hetero) is 1. The number of carbonyl (C=O) groups excluding carboxylic acids is 1. The molecule has 1 nitrogen and oxygen atoms in total. The SMILES string of the molecule is O=C(CCc1ccc(Cl)cc1)CCc1ccc(Cl)cc1. The van der Waals surface area contributed by atoms with Crippen molar-refractivity contribution in [3.05, 3.63) is 69.7 Å². The fourth-order valence-corrected chi connectivity index (χ4v) is 2.25. The molecule has 0 aliphatic carbocycles. The molecule has 0 atom stereocenters. The Bertz CT molecular complexity index is 507. The first-order valence-corrected chi connectivity index (χ1v) is 7.39. The van der Waals surface area contributed by atoms with E-state index in [4.69, 9.17) is 23.2 Å². The molecular weight excluding hydrogens is 291 g/mol. The number of hydrogen-bond acceptors (Lipinski definition) is 1. The van der Waals surface area contributed by atoms with Gasteiger partial charge in [-0.1, -0.05) is 47.5 Å². The lowest BCUT2D eigenvalue weighted by Gasteiger charge is -2.03. The Morgan fingerprint density at radius 2 is 1.05 bits per heavy atom. The highest BCUT2D eigenvalue weighted by molar-refractivity contribution is 6.30. The van der Waals surface area contributed by atoms with Gasteiger partial charge in [-0.15, -0.1) is 0 Å². The third-order valence-electron chi connectivity index (χ3n) is 3.21. The molecule has 0 aliphatic rings. The van der Waals surface area contributed by atoms with E-state index in [-0.39, 0.29) is 5.78 Å². The molecule has 0 aliphatic heterocycles. The molecule has 0 heterocycles. The van der Waals surface area contributed by atoms with Crippen molar-refractivity contribution in [2.45, 2.75) is 25.7 Å². The second-order valence-electron chi connectivity index (χ2n) is 4.79. The Kier molecular flexibility index (Phi) is 5.63. The fraction of sp³-hybridized carbons (Fsp3) is 0.235. The van der Waals surface area contributed by atoms with Crippen molar-refractivity contribution in [1.29, 1.82) is 0 Å². The quantitative estimate of drug-likeness (QED) is 0.723. The van der Waals surface area contributed by atoms with Gasteiger partial charge in [-0.3, -0.25) is 4.79 Å². The second kappa shape index (κ2) is 7.47. The first-order chi connectivity index (χ1) is 9.63. The van der Waals surface area contributed by atoms with Gasteiger partial charge < -0.3 is 0 Å². The molecule has 0 saturated carbocycles. The van der Waals surface area contributed by atoms with Gasteiger partial charge >= 0.3 is 0 Å². The fourth-order valence-electron chi connectivity index (χ4n) is 1.99. The summed E-state index contributed by atoms with van der Waals surface area (Å²) >= 11 is 11.7. The highest BCUT2D eigenvalue weighted by Gasteiger charge is 2.04. The number of rotatable bonds is 6. The van der Waals surface area contributed by atoms with Crippen LogP contribution in [-0.4, -0.2) is 5.78 Å². The number of carbonyl (C=O) groups is 1. The van der Waals surface area contributed by atoms with Gasteiger partial charge in [0.15, 0.2) is 0 Å². The zero-order chi connectivity index (χ0) is 14.4. The predicted molar refractivity (Wildman–Crippen MR) is 84.6 cm³/mol. The summed E-state index contributed by atoms with van der Waals surface area (Å²) in [4.78, 5) is 11.9. The van der Waals surface area contributed by atoms with Crippen LogP contribution in [0.25, 0.3) is 0 Å². The molecule has 20 heavy (non-hydrogen) atoms. The third kappa shape index (κ3) is 4.99. The minimum atomic E-state index is 0.287. The maximum Gasteiger partial charge on any atom is 0.133 e. The van der Waals surface area contributed by atoms with Gasteiger partial charge in [0.05, 0.1) is 0 Å². The molecule has 0 fully saturated rings. The van der Waals surface area contributed by atoms with Gasteiger partial charge in [-0.05, 0) is 48.2 Å². The molecule has 0 bridgehead atoms. The first-order valence-electron chi connectivity index (χ1n) is 6.64. The molecule has 3 heteroatoms. The monoisotopic (exact) mass is 306 g/mol. The average molecular weight is 307 g/mol. The van der Waals surface area contributed by atoms with Crippen LogP contribution in [0.2, 0.25) is 10.0 Å². The topological polar surface area (TPSA) is 17.1 Å². The lowest BCUT2D eigenvalue weighted by atomic mass is 10.0. The van der Waals surface area contributed by atoms with Crippen molar-refractivity contribution in [2.75, 3.05) is 0 Å². The number of benzene rings is 2. The average Bonchev–Trinajstić information content (AvgIpc) is 2.46. The van der Waals surface area contributed by atoms with E-state index in [1.54, 1.807) is 0 Å². The van der Waals surface area contributed by atoms with Crippen molar-refractivity contribution in [1.82, 2.24) is 0 Å². The van der Waals surface area contributed by atoms with Crippen LogP contribution in [0, 0.1) is 0 Å². The van der Waals surface area contributed by atoms with E-state index in [1.165, 1.54) is 0 Å². The van der Waals surface area contributed by atoms with E-state index < -0.39 is 0 Å². The minimum Gasteiger partial charge on any atom is -0.300 e. The Morgan fingerprint density at radius 3 is 1.40 bits per heavy atom. The number of ketones is 1. The summed E-state index contributed by atoms with van der Waals surface area (Å²) in [7, 11) is 0. The molecule has 0 radical (unpaired) electrons. The van der Waals surface area contributed by atoms with Crippen molar-refractivity contribution in [3.63, 3.8) is 0 Å². The van der Waals surface area contributed by atoms with Crippen LogP contribution in [0.4, 0.5) is 0 Å². The van der Waals surface area contributed by atoms with Crippen molar-refractivity contribution < 1.29 is 4.79 Å². The van der Waals surface area contributed by atoms with Gasteiger partial charge in [0.1, 0.15) is 5.78 Å². The zero-order valence-electron chi connectivity index (χ0n) is 11.1. The van der Waals surface area contributed by atoms with Crippen LogP contribution < -0.4 is 0 Å². The summed E-state index contributed by atoms with van der Waals surface area (Å²) in [5.74, 6) is 0.287. The zero-order valence-corrected chi connectivity index (χ0v) is 12.6. The standard InChI is InChI=1S/C17H16Cl2O/c18-15-7-1-13(2-8-15)5-11-17(20)12-6-14-3-9-16(19)10-4-14/h1-4,7-10H,5-6,11-12H2. The number of halogens is 2. The lowest BCUT2D eigenvalue weighted by Crippen LogP contribution is -2.02. The molecule has 0 amide bonds. The summed E-state index contributed by atoms with van der Waals surface area (Å²) in [6, 6.07) is 15.3. The summed E-state index contributed by atoms with van der Waals surface area (Å²) in [6.45, 7) is 0. The summed E-state index contributed by atoms with van der Waals surface area (Å²) < 4.78 is 0. The predicted octanol–water partition coefficient (Wildman–Crippen LogP) is 5.13. The largest absolute Gasteiger partial charge is 0.300 e. The van der Waals surface area contributed by atoms with E-state index in [1.807, 2.05) is 48.5 Å². The van der Waals surface area contributed by atoms with Crippen LogP contribution in [-0.2, 0) is 17.6 Å². The molecule has 2 rings (SSSR count). The smallest absolute Gasteiger partial charge is 0.133 e. The molecule has 104 valence electrons. The highest BCUT2D eigenvalue weighted by atomic mass is 35.5. The van der Waals surface area contributed by atoms with Crippen LogP contribution in [0.1, 0.15) is 24.0 Å². The normalized spacial score (nSPS) is 10.5. The Labute approximate surface area is 129 Å². The van der Waals surface area contributed by atoms with Crippen molar-refractivity contribution in [2.24, 2.45) is 0 Å². The molecule has 0 spiro atoms. The van der Waals surface area contributed by atoms with Gasteiger partial charge in [0.25, 0.3) is 0 Å². The summed E-state index contributed by atoms with van der Waals surface area (Å²) in [5, 5.41) is 1.45. The second-order valence-corrected chi connectivity index (χ2v) is 5.66. The van der Waals surface area contributed by atoms with Crippen molar-refractivity contribution >= 4 is 29.0 Å². The van der Waals surface area contributed by atoms with Gasteiger partial charge in [0.2, 0.25) is 0 Å². The van der Waals surface area contributed by atoms with E-state index in [2.05, 4.69) is 0 Å². The van der Waals surface area contributed by atoms with Crippen molar-refractivity contribution in [3.8, 4) is 0 Å². The Hall–Kier alpha value is -1.31. The summed E-state index contributed by atoms with van der Waals surface area (Å²) in [6.07, 6.45) is 2.71. The molecule has 0 N–H and O–H groups in total. The third-order valence-corrected chi connectivity index (χ3v) is 3.72. The Balaban J connectivity index is 1.75. The Morgan fingerprint density at radius 1 is 0.700 bits per heavy atom. The summed E-state index contributed by atoms with van der Waals surface area (Å²) in [5.41, 5.74) is 2.29. The van der Waals surface area contributed by atoms with E-state index in [9.17, 15) is 4.79 Å². The van der Waals surface area contributed by atoms with Crippen LogP contribution in [0.15, 0.2) is 48.5 Å². The molecule has 2 aromatic rings. The van der Waals surface area contributed by atoms with Gasteiger partial charge in [-0.25, -0.2) is 0 Å². The van der Waals surface area contributed by atoms with Gasteiger partial charge in [-0.2, -0.15) is 0 Å². The van der Waals surface area contributed by atoms with Crippen LogP contribution in [0.5, 0.6) is 0 Å². The molecule has 0 aromatic heterocycles. The number of aryl methyl sites for hydroxylation is 2. The molecule has 0 saturated heterocycles. The van der Waals surface area contributed by atoms with Gasteiger partial charge in [0, 0.05) is 22.9 Å². The molecular formula is C17H16Cl2O. The maximum absolute atomic E-state index is 11.9. The van der Waals surface area contributed by atoms with Crippen LogP contribution >= 0.6 is 23.2 Å². The lowest BCUT2D eigenvalue weighted by molar-refractivity contribution is -0.119. The minimum absolute atomic E-state index is 0.287. The molecule has 0 unspecified atom stereocenters.